The van der Waals surface area contributed by atoms with Gasteiger partial charge in [-0.2, -0.15) is 0 Å². The van der Waals surface area contributed by atoms with Gasteiger partial charge >= 0.3 is 0 Å². The molecule has 0 fully saturated rings. The lowest BCUT2D eigenvalue weighted by Crippen LogP contribution is -2.02. The standard InChI is InChI=1S/C11H13NO2S/c1-14-9(6-7-13)11-12-8-4-2-3-5-10(8)15-11/h2-5,9,13H,6-7H2,1H3. The van der Waals surface area contributed by atoms with Gasteiger partial charge in [-0.1, -0.05) is 12.1 Å². The summed E-state index contributed by atoms with van der Waals surface area (Å²) in [5.74, 6) is 0. The maximum atomic E-state index is 8.90. The number of aromatic nitrogens is 1. The number of hydrogen-bond acceptors (Lipinski definition) is 4. The summed E-state index contributed by atoms with van der Waals surface area (Å²) in [5.41, 5.74) is 0.998. The molecule has 1 aromatic carbocycles. The van der Waals surface area contributed by atoms with E-state index in [1.54, 1.807) is 18.4 Å². The SMILES string of the molecule is COC(CCO)c1nc2ccccc2s1. The van der Waals surface area contributed by atoms with Gasteiger partial charge in [0.05, 0.1) is 10.2 Å². The predicted molar refractivity (Wildman–Crippen MR) is 61.1 cm³/mol. The zero-order chi connectivity index (χ0) is 10.7. The van der Waals surface area contributed by atoms with E-state index in [0.717, 1.165) is 15.2 Å². The number of methoxy groups -OCH3 is 1. The first-order valence-corrected chi connectivity index (χ1v) is 5.66. The molecule has 0 aliphatic carbocycles. The van der Waals surface area contributed by atoms with Gasteiger partial charge in [0.25, 0.3) is 0 Å². The third-order valence-corrected chi connectivity index (χ3v) is 3.39. The third-order valence-electron chi connectivity index (χ3n) is 2.26. The second-order valence-corrected chi connectivity index (χ2v) is 4.32. The van der Waals surface area contributed by atoms with Crippen molar-refractivity contribution >= 4 is 21.6 Å². The molecule has 4 heteroatoms. The first kappa shape index (κ1) is 10.5. The predicted octanol–water partition coefficient (Wildman–Crippen LogP) is 2.37. The molecule has 0 saturated heterocycles. The van der Waals surface area contributed by atoms with Crippen LogP contribution < -0.4 is 0 Å². The first-order valence-electron chi connectivity index (χ1n) is 4.84. The molecule has 3 nitrogen and oxygen atoms in total. The Morgan fingerprint density at radius 2 is 2.27 bits per heavy atom. The second kappa shape index (κ2) is 4.70. The lowest BCUT2D eigenvalue weighted by Gasteiger charge is -2.09. The maximum Gasteiger partial charge on any atom is 0.123 e. The van der Waals surface area contributed by atoms with Crippen LogP contribution in [0, 0.1) is 0 Å². The number of aliphatic hydroxyl groups excluding tert-OH is 1. The zero-order valence-corrected chi connectivity index (χ0v) is 9.33. The van der Waals surface area contributed by atoms with Gasteiger partial charge in [0.15, 0.2) is 0 Å². The Kier molecular flexibility index (Phi) is 3.30. The second-order valence-electron chi connectivity index (χ2n) is 3.26. The summed E-state index contributed by atoms with van der Waals surface area (Å²) in [6, 6.07) is 8.00. The molecule has 80 valence electrons. The molecule has 0 aliphatic heterocycles. The van der Waals surface area contributed by atoms with Crippen LogP contribution in [0.3, 0.4) is 0 Å². The number of aliphatic hydroxyl groups is 1. The van der Waals surface area contributed by atoms with Gasteiger partial charge in [0.2, 0.25) is 0 Å². The van der Waals surface area contributed by atoms with Gasteiger partial charge in [0.1, 0.15) is 11.1 Å². The molecule has 0 bridgehead atoms. The minimum atomic E-state index is -0.0904. The van der Waals surface area contributed by atoms with Crippen molar-refractivity contribution in [2.24, 2.45) is 0 Å². The molecule has 1 atom stereocenters. The van der Waals surface area contributed by atoms with Crippen molar-refractivity contribution in [3.63, 3.8) is 0 Å². The molecule has 0 aliphatic rings. The molecule has 1 aromatic heterocycles. The largest absolute Gasteiger partial charge is 0.396 e. The third kappa shape index (κ3) is 2.17. The summed E-state index contributed by atoms with van der Waals surface area (Å²) in [7, 11) is 1.65. The molecule has 1 heterocycles. The number of fused-ring (bicyclic) bond motifs is 1. The minimum Gasteiger partial charge on any atom is -0.396 e. The van der Waals surface area contributed by atoms with Gasteiger partial charge in [-0.25, -0.2) is 4.98 Å². The Bertz CT molecular complexity index is 408. The topological polar surface area (TPSA) is 42.4 Å². The number of thiazole rings is 1. The van der Waals surface area contributed by atoms with Gasteiger partial charge in [-0.3, -0.25) is 0 Å². The molecule has 1 unspecified atom stereocenters. The van der Waals surface area contributed by atoms with Gasteiger partial charge < -0.3 is 9.84 Å². The van der Waals surface area contributed by atoms with Gasteiger partial charge in [-0.15, -0.1) is 11.3 Å². The molecule has 0 spiro atoms. The van der Waals surface area contributed by atoms with E-state index in [9.17, 15) is 0 Å². The smallest absolute Gasteiger partial charge is 0.123 e. The molecule has 2 rings (SSSR count). The van der Waals surface area contributed by atoms with Crippen LogP contribution in [0.2, 0.25) is 0 Å². The summed E-state index contributed by atoms with van der Waals surface area (Å²) in [4.78, 5) is 4.48. The molecule has 0 saturated carbocycles. The van der Waals surface area contributed by atoms with Crippen LogP contribution in [0.1, 0.15) is 17.5 Å². The van der Waals surface area contributed by atoms with Crippen LogP contribution in [-0.4, -0.2) is 23.8 Å². The maximum absolute atomic E-state index is 8.90. The van der Waals surface area contributed by atoms with E-state index in [1.807, 2.05) is 24.3 Å². The lowest BCUT2D eigenvalue weighted by atomic mass is 10.3. The fraction of sp³-hybridized carbons (Fsp3) is 0.364. The summed E-state index contributed by atoms with van der Waals surface area (Å²) >= 11 is 1.62. The van der Waals surface area contributed by atoms with Crippen molar-refractivity contribution in [1.29, 1.82) is 0 Å². The van der Waals surface area contributed by atoms with E-state index < -0.39 is 0 Å². The molecular weight excluding hydrogens is 210 g/mol. The van der Waals surface area contributed by atoms with Crippen molar-refractivity contribution in [2.45, 2.75) is 12.5 Å². The monoisotopic (exact) mass is 223 g/mol. The van der Waals surface area contributed by atoms with Crippen LogP contribution in [0.4, 0.5) is 0 Å². The highest BCUT2D eigenvalue weighted by atomic mass is 32.1. The van der Waals surface area contributed by atoms with E-state index in [-0.39, 0.29) is 12.7 Å². The van der Waals surface area contributed by atoms with Crippen molar-refractivity contribution in [2.75, 3.05) is 13.7 Å². The highest BCUT2D eigenvalue weighted by Gasteiger charge is 2.14. The summed E-state index contributed by atoms with van der Waals surface area (Å²) in [5, 5.41) is 9.84. The molecular formula is C11H13NO2S. The minimum absolute atomic E-state index is 0.0904. The van der Waals surface area contributed by atoms with E-state index >= 15 is 0 Å². The summed E-state index contributed by atoms with van der Waals surface area (Å²) < 4.78 is 6.45. The summed E-state index contributed by atoms with van der Waals surface area (Å²) in [6.45, 7) is 0.119. The molecule has 2 aromatic rings. The van der Waals surface area contributed by atoms with Crippen molar-refractivity contribution in [3.05, 3.63) is 29.3 Å². The van der Waals surface area contributed by atoms with Crippen molar-refractivity contribution in [3.8, 4) is 0 Å². The van der Waals surface area contributed by atoms with Crippen molar-refractivity contribution < 1.29 is 9.84 Å². The number of ether oxygens (including phenoxy) is 1. The average Bonchev–Trinajstić information content (AvgIpc) is 2.69. The van der Waals surface area contributed by atoms with Crippen LogP contribution in [-0.2, 0) is 4.74 Å². The Morgan fingerprint density at radius 1 is 1.47 bits per heavy atom. The van der Waals surface area contributed by atoms with Crippen molar-refractivity contribution in [1.82, 2.24) is 4.98 Å². The fourth-order valence-electron chi connectivity index (χ4n) is 1.49. The number of nitrogens with zero attached hydrogens (tertiary/aromatic N) is 1. The number of benzene rings is 1. The van der Waals surface area contributed by atoms with E-state index in [4.69, 9.17) is 9.84 Å². The van der Waals surface area contributed by atoms with Gasteiger partial charge in [0, 0.05) is 20.1 Å². The van der Waals surface area contributed by atoms with Crippen LogP contribution >= 0.6 is 11.3 Å². The zero-order valence-electron chi connectivity index (χ0n) is 8.51. The average molecular weight is 223 g/mol. The number of hydrogen-bond donors (Lipinski definition) is 1. The van der Waals surface area contributed by atoms with E-state index in [0.29, 0.717) is 6.42 Å². The summed E-state index contributed by atoms with van der Waals surface area (Å²) in [6.07, 6.45) is 0.503. The number of para-hydroxylation sites is 1. The van der Waals surface area contributed by atoms with Gasteiger partial charge in [-0.05, 0) is 12.1 Å². The van der Waals surface area contributed by atoms with Crippen LogP contribution in [0.5, 0.6) is 0 Å². The van der Waals surface area contributed by atoms with E-state index in [1.165, 1.54) is 0 Å². The Morgan fingerprint density at radius 3 is 2.93 bits per heavy atom. The van der Waals surface area contributed by atoms with Crippen LogP contribution in [0.25, 0.3) is 10.2 Å². The van der Waals surface area contributed by atoms with Crippen LogP contribution in [0.15, 0.2) is 24.3 Å². The molecule has 1 N–H and O–H groups in total. The quantitative estimate of drug-likeness (QED) is 0.865. The normalized spacial score (nSPS) is 13.2. The molecule has 0 radical (unpaired) electrons. The highest BCUT2D eigenvalue weighted by Crippen LogP contribution is 2.29. The highest BCUT2D eigenvalue weighted by molar-refractivity contribution is 7.18. The fourth-order valence-corrected chi connectivity index (χ4v) is 2.57. The molecule has 15 heavy (non-hydrogen) atoms. The number of rotatable bonds is 4. The Hall–Kier alpha value is -0.970. The Labute approximate surface area is 92.3 Å². The lowest BCUT2D eigenvalue weighted by molar-refractivity contribution is 0.0775. The Balaban J connectivity index is 2.34. The first-order chi connectivity index (χ1) is 7.35. The molecule has 0 amide bonds. The van der Waals surface area contributed by atoms with E-state index in [2.05, 4.69) is 4.98 Å².